The summed E-state index contributed by atoms with van der Waals surface area (Å²) in [5, 5.41) is 8.60. The number of rotatable bonds is 4. The van der Waals surface area contributed by atoms with Crippen molar-refractivity contribution >= 4 is 21.7 Å². The molecule has 0 spiro atoms. The molecule has 0 aliphatic rings. The van der Waals surface area contributed by atoms with Crippen molar-refractivity contribution in [1.82, 2.24) is 4.98 Å². The van der Waals surface area contributed by atoms with Crippen LogP contribution in [-0.4, -0.2) is 31.5 Å². The third-order valence-electron chi connectivity index (χ3n) is 2.97. The first kappa shape index (κ1) is 15.0. The minimum Gasteiger partial charge on any atom is -0.478 e. The Morgan fingerprint density at radius 2 is 1.95 bits per heavy atom. The molecular weight excluding hydrogens is 292 g/mol. The number of carboxylic acids is 1. The lowest BCUT2D eigenvalue weighted by atomic mass is 10.2. The normalized spacial score (nSPS) is 11.1. The molecule has 0 bridgehead atoms. The molecule has 0 atom stereocenters. The minimum atomic E-state index is -3.82. The van der Waals surface area contributed by atoms with Crippen molar-refractivity contribution in [3.63, 3.8) is 0 Å². The standard InChI is InChI=1S/C14H14N2O4S/c1-10-4-3-5-12(8-10)16(2)21(19,20)13-7-6-11(9-15-13)14(17)18/h3-9H,1-2H3,(H,17,18). The van der Waals surface area contributed by atoms with Gasteiger partial charge in [-0.05, 0) is 36.8 Å². The number of pyridine rings is 1. The SMILES string of the molecule is Cc1cccc(N(C)S(=O)(=O)c2ccc(C(=O)O)cn2)c1. The Morgan fingerprint density at radius 3 is 2.48 bits per heavy atom. The topological polar surface area (TPSA) is 87.6 Å². The maximum atomic E-state index is 12.4. The number of aromatic nitrogens is 1. The van der Waals surface area contributed by atoms with Gasteiger partial charge in [-0.15, -0.1) is 0 Å². The van der Waals surface area contributed by atoms with Crippen LogP contribution in [0.2, 0.25) is 0 Å². The summed E-state index contributed by atoms with van der Waals surface area (Å²) < 4.78 is 26.0. The number of nitrogens with zero attached hydrogens (tertiary/aromatic N) is 2. The third-order valence-corrected chi connectivity index (χ3v) is 4.68. The number of aromatic carboxylic acids is 1. The number of hydrogen-bond donors (Lipinski definition) is 1. The highest BCUT2D eigenvalue weighted by Gasteiger charge is 2.23. The number of sulfonamides is 1. The summed E-state index contributed by atoms with van der Waals surface area (Å²) in [5.74, 6) is -1.15. The average Bonchev–Trinajstić information content (AvgIpc) is 2.46. The van der Waals surface area contributed by atoms with E-state index >= 15 is 0 Å². The van der Waals surface area contributed by atoms with Gasteiger partial charge >= 0.3 is 5.97 Å². The number of benzene rings is 1. The highest BCUT2D eigenvalue weighted by atomic mass is 32.2. The Labute approximate surface area is 122 Å². The zero-order chi connectivity index (χ0) is 15.6. The maximum absolute atomic E-state index is 12.4. The van der Waals surface area contributed by atoms with Gasteiger partial charge in [-0.3, -0.25) is 4.31 Å². The second-order valence-electron chi connectivity index (χ2n) is 4.50. The fraction of sp³-hybridized carbons (Fsp3) is 0.143. The highest BCUT2D eigenvalue weighted by Crippen LogP contribution is 2.21. The van der Waals surface area contributed by atoms with Crippen LogP contribution >= 0.6 is 0 Å². The molecule has 0 saturated heterocycles. The van der Waals surface area contributed by atoms with Gasteiger partial charge in [0.2, 0.25) is 0 Å². The molecule has 0 amide bonds. The van der Waals surface area contributed by atoms with Gasteiger partial charge in [0.1, 0.15) is 0 Å². The molecule has 1 heterocycles. The molecule has 7 heteroatoms. The van der Waals surface area contributed by atoms with Crippen LogP contribution in [-0.2, 0) is 10.0 Å². The van der Waals surface area contributed by atoms with Crippen LogP contribution in [0.1, 0.15) is 15.9 Å². The molecule has 21 heavy (non-hydrogen) atoms. The molecule has 2 aromatic rings. The Hall–Kier alpha value is -2.41. The van der Waals surface area contributed by atoms with Crippen LogP contribution in [0.3, 0.4) is 0 Å². The second kappa shape index (κ2) is 5.53. The fourth-order valence-electron chi connectivity index (χ4n) is 1.76. The van der Waals surface area contributed by atoms with Gasteiger partial charge in [0.05, 0.1) is 11.3 Å². The molecule has 1 N–H and O–H groups in total. The summed E-state index contributed by atoms with van der Waals surface area (Å²) >= 11 is 0. The van der Waals surface area contributed by atoms with Gasteiger partial charge in [-0.2, -0.15) is 8.42 Å². The molecule has 0 saturated carbocycles. The molecule has 6 nitrogen and oxygen atoms in total. The Kier molecular flexibility index (Phi) is 3.95. The van der Waals surface area contributed by atoms with Crippen molar-refractivity contribution in [2.24, 2.45) is 0 Å². The van der Waals surface area contributed by atoms with E-state index in [2.05, 4.69) is 4.98 Å². The van der Waals surface area contributed by atoms with Crippen molar-refractivity contribution in [3.05, 3.63) is 53.7 Å². The van der Waals surface area contributed by atoms with Gasteiger partial charge in [0.15, 0.2) is 5.03 Å². The van der Waals surface area contributed by atoms with Crippen molar-refractivity contribution in [3.8, 4) is 0 Å². The van der Waals surface area contributed by atoms with Gasteiger partial charge in [0, 0.05) is 13.2 Å². The lowest BCUT2D eigenvalue weighted by molar-refractivity contribution is 0.0696. The lowest BCUT2D eigenvalue weighted by Gasteiger charge is -2.19. The molecule has 0 fully saturated rings. The first-order chi connectivity index (χ1) is 9.82. The van der Waals surface area contributed by atoms with Crippen LogP contribution in [0.4, 0.5) is 5.69 Å². The van der Waals surface area contributed by atoms with E-state index in [0.29, 0.717) is 5.69 Å². The van der Waals surface area contributed by atoms with Gasteiger partial charge in [0.25, 0.3) is 10.0 Å². The van der Waals surface area contributed by atoms with Gasteiger partial charge in [-0.25, -0.2) is 9.78 Å². The molecule has 1 aromatic heterocycles. The predicted molar refractivity (Wildman–Crippen MR) is 78.0 cm³/mol. The van der Waals surface area contributed by atoms with E-state index in [1.807, 2.05) is 13.0 Å². The summed E-state index contributed by atoms with van der Waals surface area (Å²) in [4.78, 5) is 14.5. The van der Waals surface area contributed by atoms with E-state index in [9.17, 15) is 13.2 Å². The quantitative estimate of drug-likeness (QED) is 0.932. The van der Waals surface area contributed by atoms with Crippen LogP contribution < -0.4 is 4.31 Å². The van der Waals surface area contributed by atoms with Gasteiger partial charge in [-0.1, -0.05) is 12.1 Å². The molecular formula is C14H14N2O4S. The monoisotopic (exact) mass is 306 g/mol. The van der Waals surface area contributed by atoms with E-state index in [1.54, 1.807) is 18.2 Å². The number of anilines is 1. The Morgan fingerprint density at radius 1 is 1.24 bits per heavy atom. The smallest absolute Gasteiger partial charge is 0.337 e. The van der Waals surface area contributed by atoms with E-state index in [-0.39, 0.29) is 10.6 Å². The van der Waals surface area contributed by atoms with Crippen LogP contribution in [0.5, 0.6) is 0 Å². The predicted octanol–water partition coefficient (Wildman–Crippen LogP) is 1.91. The van der Waals surface area contributed by atoms with E-state index < -0.39 is 16.0 Å². The molecule has 0 unspecified atom stereocenters. The molecule has 0 aliphatic heterocycles. The first-order valence-electron chi connectivity index (χ1n) is 6.07. The molecule has 0 aliphatic carbocycles. The maximum Gasteiger partial charge on any atom is 0.337 e. The number of carboxylic acid groups (broad SMARTS) is 1. The number of hydrogen-bond acceptors (Lipinski definition) is 4. The second-order valence-corrected chi connectivity index (χ2v) is 6.42. The average molecular weight is 306 g/mol. The summed E-state index contributed by atoms with van der Waals surface area (Å²) in [6, 6.07) is 9.44. The summed E-state index contributed by atoms with van der Waals surface area (Å²) in [6.45, 7) is 1.86. The van der Waals surface area contributed by atoms with Crippen LogP contribution in [0, 0.1) is 6.92 Å². The van der Waals surface area contributed by atoms with Crippen molar-refractivity contribution in [1.29, 1.82) is 0 Å². The number of aryl methyl sites for hydroxylation is 1. The zero-order valence-electron chi connectivity index (χ0n) is 11.5. The molecule has 2 rings (SSSR count). The third kappa shape index (κ3) is 3.03. The Balaban J connectivity index is 2.39. The van der Waals surface area contributed by atoms with Gasteiger partial charge < -0.3 is 5.11 Å². The molecule has 1 aromatic carbocycles. The highest BCUT2D eigenvalue weighted by molar-refractivity contribution is 7.92. The first-order valence-corrected chi connectivity index (χ1v) is 7.51. The summed E-state index contributed by atoms with van der Waals surface area (Å²) in [5.41, 5.74) is 1.38. The summed E-state index contributed by atoms with van der Waals surface area (Å²) in [6.07, 6.45) is 1.03. The van der Waals surface area contributed by atoms with Crippen LogP contribution in [0.25, 0.3) is 0 Å². The van der Waals surface area contributed by atoms with E-state index in [0.717, 1.165) is 16.1 Å². The summed E-state index contributed by atoms with van der Waals surface area (Å²) in [7, 11) is -2.39. The molecule has 0 radical (unpaired) electrons. The van der Waals surface area contributed by atoms with Crippen molar-refractivity contribution in [2.75, 3.05) is 11.4 Å². The number of carbonyl (C=O) groups is 1. The zero-order valence-corrected chi connectivity index (χ0v) is 12.3. The van der Waals surface area contributed by atoms with E-state index in [4.69, 9.17) is 5.11 Å². The molecule has 110 valence electrons. The fourth-order valence-corrected chi connectivity index (χ4v) is 2.86. The van der Waals surface area contributed by atoms with E-state index in [1.165, 1.54) is 19.2 Å². The van der Waals surface area contributed by atoms with Crippen molar-refractivity contribution in [2.45, 2.75) is 11.9 Å². The Bertz CT molecular complexity index is 770. The minimum absolute atomic E-state index is 0.0628. The largest absolute Gasteiger partial charge is 0.478 e. The van der Waals surface area contributed by atoms with Crippen molar-refractivity contribution < 1.29 is 18.3 Å². The lowest BCUT2D eigenvalue weighted by Crippen LogP contribution is -2.27. The van der Waals surface area contributed by atoms with Crippen LogP contribution in [0.15, 0.2) is 47.6 Å².